The minimum atomic E-state index is 0.509. The largest absolute Gasteiger partial charge is 0.235 e. The maximum Gasteiger partial charge on any atom is 0.134 e. The first-order valence-corrected chi connectivity index (χ1v) is 9.28. The van der Waals surface area contributed by atoms with E-state index in [-0.39, 0.29) is 0 Å². The summed E-state index contributed by atoms with van der Waals surface area (Å²) in [5.41, 5.74) is 2.96. The van der Waals surface area contributed by atoms with Crippen molar-refractivity contribution in [2.24, 2.45) is 0 Å². The molecule has 0 fully saturated rings. The molecule has 0 spiro atoms. The summed E-state index contributed by atoms with van der Waals surface area (Å²) in [6, 6.07) is 15.2. The minimum absolute atomic E-state index is 0.509. The molecule has 1 aromatic heterocycles. The van der Waals surface area contributed by atoms with E-state index in [9.17, 15) is 5.26 Å². The van der Waals surface area contributed by atoms with Crippen LogP contribution in [0.15, 0.2) is 52.3 Å². The van der Waals surface area contributed by atoms with Crippen LogP contribution < -0.4 is 0 Å². The van der Waals surface area contributed by atoms with Crippen LogP contribution in [0.2, 0.25) is 10.0 Å². The van der Waals surface area contributed by atoms with Gasteiger partial charge in [0.1, 0.15) is 11.1 Å². The third-order valence-corrected chi connectivity index (χ3v) is 5.14. The van der Waals surface area contributed by atoms with E-state index in [1.807, 2.05) is 41.8 Å². The molecule has 0 radical (unpaired) electrons. The standard InChI is InChI=1S/C18H9BrCl2N2S/c19-13-3-1-2-11(7-13)6-12(9-22)18-23-17(10-24-18)15-5-4-14(20)8-16(15)21/h1-8,10H. The highest BCUT2D eigenvalue weighted by Crippen LogP contribution is 2.33. The normalized spacial score (nSPS) is 11.3. The second kappa shape index (κ2) is 7.50. The number of benzene rings is 2. The van der Waals surface area contributed by atoms with Crippen molar-refractivity contribution in [3.8, 4) is 17.3 Å². The van der Waals surface area contributed by atoms with Crippen LogP contribution in [0.25, 0.3) is 22.9 Å². The van der Waals surface area contributed by atoms with Crippen LogP contribution in [0.4, 0.5) is 0 Å². The van der Waals surface area contributed by atoms with Gasteiger partial charge < -0.3 is 0 Å². The average Bonchev–Trinajstić information content (AvgIpc) is 3.02. The van der Waals surface area contributed by atoms with E-state index in [1.54, 1.807) is 12.1 Å². The molecule has 3 rings (SSSR count). The lowest BCUT2D eigenvalue weighted by molar-refractivity contribution is 1.37. The van der Waals surface area contributed by atoms with Crippen LogP contribution in [0.5, 0.6) is 0 Å². The van der Waals surface area contributed by atoms with Crippen molar-refractivity contribution in [2.45, 2.75) is 0 Å². The van der Waals surface area contributed by atoms with Gasteiger partial charge in [0.05, 0.1) is 16.3 Å². The van der Waals surface area contributed by atoms with Gasteiger partial charge in [-0.15, -0.1) is 11.3 Å². The number of nitrogens with zero attached hydrogens (tertiary/aromatic N) is 2. The van der Waals surface area contributed by atoms with Crippen LogP contribution in [-0.2, 0) is 0 Å². The maximum atomic E-state index is 9.47. The van der Waals surface area contributed by atoms with E-state index in [4.69, 9.17) is 23.2 Å². The van der Waals surface area contributed by atoms with Gasteiger partial charge in [0.25, 0.3) is 0 Å². The quantitative estimate of drug-likeness (QED) is 0.417. The Kier molecular flexibility index (Phi) is 5.37. The van der Waals surface area contributed by atoms with E-state index < -0.39 is 0 Å². The number of nitriles is 1. The molecule has 1 heterocycles. The summed E-state index contributed by atoms with van der Waals surface area (Å²) in [6.45, 7) is 0. The van der Waals surface area contributed by atoms with E-state index in [0.717, 1.165) is 21.3 Å². The number of allylic oxidation sites excluding steroid dienone is 1. The highest BCUT2D eigenvalue weighted by molar-refractivity contribution is 9.10. The molecule has 118 valence electrons. The van der Waals surface area contributed by atoms with Gasteiger partial charge in [-0.3, -0.25) is 0 Å². The van der Waals surface area contributed by atoms with E-state index in [1.165, 1.54) is 11.3 Å². The first-order valence-electron chi connectivity index (χ1n) is 6.85. The average molecular weight is 436 g/mol. The highest BCUT2D eigenvalue weighted by Gasteiger charge is 2.12. The molecule has 0 bridgehead atoms. The van der Waals surface area contributed by atoms with Gasteiger partial charge in [-0.2, -0.15) is 5.26 Å². The van der Waals surface area contributed by atoms with Crippen LogP contribution in [0.1, 0.15) is 10.6 Å². The van der Waals surface area contributed by atoms with Crippen molar-refractivity contribution in [3.63, 3.8) is 0 Å². The van der Waals surface area contributed by atoms with Crippen molar-refractivity contribution in [1.82, 2.24) is 4.98 Å². The number of hydrogen-bond donors (Lipinski definition) is 0. The molecule has 0 amide bonds. The molecule has 2 aromatic carbocycles. The zero-order valence-corrected chi connectivity index (χ0v) is 16.0. The Bertz CT molecular complexity index is 973. The molecule has 3 aromatic rings. The number of rotatable bonds is 3. The molecule has 0 aliphatic heterocycles. The van der Waals surface area contributed by atoms with Crippen molar-refractivity contribution in [2.75, 3.05) is 0 Å². The van der Waals surface area contributed by atoms with Gasteiger partial charge in [0, 0.05) is 20.4 Å². The topological polar surface area (TPSA) is 36.7 Å². The number of hydrogen-bond acceptors (Lipinski definition) is 3. The summed E-state index contributed by atoms with van der Waals surface area (Å²) in [5.74, 6) is 0. The molecular formula is C18H9BrCl2N2S. The molecule has 2 nitrogen and oxygen atoms in total. The van der Waals surface area contributed by atoms with Crippen LogP contribution in [-0.4, -0.2) is 4.98 Å². The second-order valence-electron chi connectivity index (χ2n) is 4.89. The van der Waals surface area contributed by atoms with Crippen LogP contribution >= 0.6 is 50.5 Å². The summed E-state index contributed by atoms with van der Waals surface area (Å²) in [6.07, 6.45) is 1.82. The van der Waals surface area contributed by atoms with Crippen LogP contribution in [0.3, 0.4) is 0 Å². The zero-order valence-electron chi connectivity index (χ0n) is 12.1. The monoisotopic (exact) mass is 434 g/mol. The molecule has 0 saturated heterocycles. The lowest BCUT2D eigenvalue weighted by Gasteiger charge is -2.01. The van der Waals surface area contributed by atoms with Gasteiger partial charge >= 0.3 is 0 Å². The van der Waals surface area contributed by atoms with Gasteiger partial charge in [-0.1, -0.05) is 51.3 Å². The molecule has 0 atom stereocenters. The Morgan fingerprint density at radius 2 is 2.04 bits per heavy atom. The Morgan fingerprint density at radius 3 is 2.75 bits per heavy atom. The predicted octanol–water partition coefficient (Wildman–Crippen LogP) is 6.94. The Labute approximate surface area is 162 Å². The van der Waals surface area contributed by atoms with E-state index in [0.29, 0.717) is 20.6 Å². The second-order valence-corrected chi connectivity index (χ2v) is 7.50. The van der Waals surface area contributed by atoms with Crippen LogP contribution in [0, 0.1) is 11.3 Å². The number of aromatic nitrogens is 1. The zero-order chi connectivity index (χ0) is 17.1. The lowest BCUT2D eigenvalue weighted by atomic mass is 10.1. The smallest absolute Gasteiger partial charge is 0.134 e. The van der Waals surface area contributed by atoms with Gasteiger partial charge in [0.15, 0.2) is 0 Å². The number of thiazole rings is 1. The lowest BCUT2D eigenvalue weighted by Crippen LogP contribution is -1.84. The molecule has 24 heavy (non-hydrogen) atoms. The Hall–Kier alpha value is -1.64. The van der Waals surface area contributed by atoms with E-state index in [2.05, 4.69) is 27.0 Å². The first kappa shape index (κ1) is 17.2. The fourth-order valence-corrected chi connectivity index (χ4v) is 3.83. The molecule has 0 aliphatic rings. The molecule has 6 heteroatoms. The summed E-state index contributed by atoms with van der Waals surface area (Å²) in [7, 11) is 0. The summed E-state index contributed by atoms with van der Waals surface area (Å²) in [4.78, 5) is 4.55. The Morgan fingerprint density at radius 1 is 1.21 bits per heavy atom. The predicted molar refractivity (Wildman–Crippen MR) is 105 cm³/mol. The molecule has 0 saturated carbocycles. The Balaban J connectivity index is 1.98. The van der Waals surface area contributed by atoms with Crippen molar-refractivity contribution >= 4 is 62.1 Å². The third-order valence-electron chi connectivity index (χ3n) is 3.22. The molecule has 0 N–H and O–H groups in total. The minimum Gasteiger partial charge on any atom is -0.235 e. The van der Waals surface area contributed by atoms with E-state index >= 15 is 0 Å². The molecule has 0 aliphatic carbocycles. The fourth-order valence-electron chi connectivity index (χ4n) is 2.12. The fraction of sp³-hybridized carbons (Fsp3) is 0. The number of halogens is 3. The highest BCUT2D eigenvalue weighted by atomic mass is 79.9. The van der Waals surface area contributed by atoms with Gasteiger partial charge in [-0.05, 0) is 42.0 Å². The summed E-state index contributed by atoms with van der Waals surface area (Å²) >= 11 is 17.0. The van der Waals surface area contributed by atoms with Gasteiger partial charge in [0.2, 0.25) is 0 Å². The SMILES string of the molecule is N#CC(=Cc1cccc(Br)c1)c1nc(-c2ccc(Cl)cc2Cl)cs1. The van der Waals surface area contributed by atoms with Crippen molar-refractivity contribution in [1.29, 1.82) is 5.26 Å². The third kappa shape index (κ3) is 3.88. The molecule has 0 unspecified atom stereocenters. The summed E-state index contributed by atoms with van der Waals surface area (Å²) < 4.78 is 0.960. The van der Waals surface area contributed by atoms with Gasteiger partial charge in [-0.25, -0.2) is 4.98 Å². The molecular weight excluding hydrogens is 427 g/mol. The van der Waals surface area contributed by atoms with Crippen molar-refractivity contribution < 1.29 is 0 Å². The maximum absolute atomic E-state index is 9.47. The first-order chi connectivity index (χ1) is 11.6. The summed E-state index contributed by atoms with van der Waals surface area (Å²) in [5, 5.41) is 13.1. The van der Waals surface area contributed by atoms with Crippen molar-refractivity contribution in [3.05, 3.63) is 72.9 Å².